The summed E-state index contributed by atoms with van der Waals surface area (Å²) in [4.78, 5) is 0.764. The second-order valence-electron chi connectivity index (χ2n) is 0.779. The van der Waals surface area contributed by atoms with Crippen LogP contribution >= 0.6 is 0 Å². The van der Waals surface area contributed by atoms with Gasteiger partial charge in [0.15, 0.2) is 0 Å². The highest BCUT2D eigenvalue weighted by atomic mass is 15.6. The Kier molecular flexibility index (Phi) is 0.717. The van der Waals surface area contributed by atoms with Crippen molar-refractivity contribution in [1.82, 2.24) is 20.2 Å². The number of tetrazole rings is 1. The zero-order valence-electron chi connectivity index (χ0n) is 3.24. The Bertz CT molecular complexity index is 168. The number of nitriles is 1. The van der Waals surface area contributed by atoms with E-state index >= 15 is 0 Å². The van der Waals surface area contributed by atoms with E-state index in [1.807, 2.05) is 0 Å². The maximum absolute atomic E-state index is 7.95. The van der Waals surface area contributed by atoms with Crippen molar-refractivity contribution in [2.45, 2.75) is 0 Å². The number of aromatic nitrogens is 4. The van der Waals surface area contributed by atoms with Crippen LogP contribution < -0.4 is 0 Å². The van der Waals surface area contributed by atoms with Crippen LogP contribution in [0.3, 0.4) is 0 Å². The van der Waals surface area contributed by atoms with E-state index < -0.39 is 0 Å². The maximum atomic E-state index is 7.95. The molecule has 0 radical (unpaired) electrons. The summed E-state index contributed by atoms with van der Waals surface area (Å²) < 4.78 is 0. The zero-order valence-corrected chi connectivity index (χ0v) is 3.24. The lowest BCUT2D eigenvalue weighted by Crippen LogP contribution is -1.91. The van der Waals surface area contributed by atoms with Gasteiger partial charge in [-0.05, 0) is 0 Å². The zero-order chi connectivity index (χ0) is 5.11. The Morgan fingerprint density at radius 2 is 2.57 bits per heavy atom. The first-order valence-electron chi connectivity index (χ1n) is 1.49. The van der Waals surface area contributed by atoms with Crippen molar-refractivity contribution in [1.29, 1.82) is 5.26 Å². The molecule has 1 rings (SSSR count). The monoisotopic (exact) mass is 94.0 g/mol. The number of hydrogen-bond donors (Lipinski definition) is 0. The Morgan fingerprint density at radius 3 is 2.86 bits per heavy atom. The molecule has 5 nitrogen and oxygen atoms in total. The average Bonchev–Trinajstić information content (AvgIpc) is 2.14. The second-order valence-corrected chi connectivity index (χ2v) is 0.779. The molecule has 1 heterocycles. The van der Waals surface area contributed by atoms with Crippen LogP contribution in [0.2, 0.25) is 0 Å². The van der Waals surface area contributed by atoms with Crippen LogP contribution in [0.4, 0.5) is 0 Å². The van der Waals surface area contributed by atoms with Gasteiger partial charge >= 0.3 is 0 Å². The Labute approximate surface area is 39.2 Å². The van der Waals surface area contributed by atoms with Gasteiger partial charge in [-0.15, -0.1) is 0 Å². The fourth-order valence-electron chi connectivity index (χ4n) is 0.187. The third-order valence-corrected chi connectivity index (χ3v) is 0.403. The third kappa shape index (κ3) is 0.523. The molecule has 0 fully saturated rings. The van der Waals surface area contributed by atoms with E-state index in [1.165, 1.54) is 0 Å². The summed E-state index contributed by atoms with van der Waals surface area (Å²) in [6.07, 6.45) is 3.72. The summed E-state index contributed by atoms with van der Waals surface area (Å²) in [7, 11) is 0. The molecule has 0 saturated heterocycles. The minimum absolute atomic E-state index is 0.764. The summed E-state index contributed by atoms with van der Waals surface area (Å²) in [6.45, 7) is 0. The van der Waals surface area contributed by atoms with Crippen molar-refractivity contribution in [2.75, 3.05) is 0 Å². The molecule has 5 heteroatoms. The van der Waals surface area contributed by atoms with E-state index in [4.69, 9.17) is 5.26 Å². The molecule has 0 amide bonds. The maximum Gasteiger partial charge on any atom is 0.224 e. The molecule has 1 aromatic heterocycles. The Hall–Kier alpha value is -1.44. The lowest BCUT2D eigenvalue weighted by Gasteiger charge is -1.75. The molecule has 34 valence electrons. The molecule has 0 atom stereocenters. The summed E-state index contributed by atoms with van der Waals surface area (Å²) in [5.74, 6) is 0. The van der Waals surface area contributed by atoms with Gasteiger partial charge in [-0.3, -0.25) is 0 Å². The van der Waals surface area contributed by atoms with Gasteiger partial charge in [-0.2, -0.15) is 5.26 Å². The van der Waals surface area contributed by atoms with Crippen LogP contribution in [0.15, 0.2) is 0 Å². The van der Waals surface area contributed by atoms with E-state index in [-0.39, 0.29) is 0 Å². The SMILES string of the molecule is N#Cn1n[c-]nn1. The van der Waals surface area contributed by atoms with Crippen molar-refractivity contribution >= 4 is 0 Å². The highest BCUT2D eigenvalue weighted by molar-refractivity contribution is 4.62. The molecule has 0 aromatic carbocycles. The smallest absolute Gasteiger partial charge is 0.224 e. The lowest BCUT2D eigenvalue weighted by atomic mass is 11.4. The van der Waals surface area contributed by atoms with E-state index in [0.717, 1.165) is 4.80 Å². The molecule has 0 aliphatic heterocycles. The van der Waals surface area contributed by atoms with Crippen LogP contribution in [0.5, 0.6) is 0 Å². The minimum atomic E-state index is 0.764. The first kappa shape index (κ1) is 3.74. The molecule has 0 unspecified atom stereocenters. The van der Waals surface area contributed by atoms with Crippen LogP contribution in [-0.2, 0) is 0 Å². The van der Waals surface area contributed by atoms with Crippen molar-refractivity contribution in [2.24, 2.45) is 0 Å². The van der Waals surface area contributed by atoms with E-state index in [2.05, 4.69) is 21.7 Å². The van der Waals surface area contributed by atoms with Gasteiger partial charge in [0.2, 0.25) is 6.19 Å². The number of nitrogens with zero attached hydrogens (tertiary/aromatic N) is 5. The van der Waals surface area contributed by atoms with Gasteiger partial charge in [0.1, 0.15) is 0 Å². The molecule has 0 bridgehead atoms. The molecule has 1 aromatic rings. The topological polar surface area (TPSA) is 67.4 Å². The van der Waals surface area contributed by atoms with Gasteiger partial charge in [-0.25, -0.2) is 6.33 Å². The molecular formula is C2N5-. The lowest BCUT2D eigenvalue weighted by molar-refractivity contribution is 0.733. The Morgan fingerprint density at radius 1 is 1.71 bits per heavy atom. The summed E-state index contributed by atoms with van der Waals surface area (Å²) in [5, 5.41) is 17.5. The fraction of sp³-hybridized carbons (Fsp3) is 0. The molecule has 0 saturated carbocycles. The van der Waals surface area contributed by atoms with Crippen molar-refractivity contribution in [3.8, 4) is 6.19 Å². The molecule has 0 aliphatic rings. The van der Waals surface area contributed by atoms with Crippen LogP contribution in [0, 0.1) is 17.8 Å². The normalized spacial score (nSPS) is 7.86. The number of rotatable bonds is 0. The van der Waals surface area contributed by atoms with Gasteiger partial charge < -0.3 is 10.2 Å². The molecule has 0 aliphatic carbocycles. The second kappa shape index (κ2) is 1.34. The number of hydrogen-bond acceptors (Lipinski definition) is 4. The third-order valence-electron chi connectivity index (χ3n) is 0.403. The summed E-state index contributed by atoms with van der Waals surface area (Å²) in [5.41, 5.74) is 0. The van der Waals surface area contributed by atoms with E-state index in [9.17, 15) is 0 Å². The summed E-state index contributed by atoms with van der Waals surface area (Å²) in [6, 6.07) is 0. The fourth-order valence-corrected chi connectivity index (χ4v) is 0.187. The predicted molar refractivity (Wildman–Crippen MR) is 17.7 cm³/mol. The van der Waals surface area contributed by atoms with Crippen molar-refractivity contribution in [3.63, 3.8) is 0 Å². The minimum Gasteiger partial charge on any atom is -0.339 e. The highest BCUT2D eigenvalue weighted by Gasteiger charge is 1.70. The predicted octanol–water partition coefficient (Wildman–Crippen LogP) is -1.20. The van der Waals surface area contributed by atoms with Gasteiger partial charge in [0.05, 0.1) is 0 Å². The van der Waals surface area contributed by atoms with Gasteiger partial charge in [0, 0.05) is 0 Å². The average molecular weight is 94.1 g/mol. The highest BCUT2D eigenvalue weighted by Crippen LogP contribution is 1.58. The van der Waals surface area contributed by atoms with E-state index in [1.54, 1.807) is 6.19 Å². The van der Waals surface area contributed by atoms with Crippen LogP contribution in [0.1, 0.15) is 0 Å². The quantitative estimate of drug-likeness (QED) is 0.379. The van der Waals surface area contributed by atoms with E-state index in [0.29, 0.717) is 0 Å². The Balaban J connectivity index is 3.04. The first-order valence-corrected chi connectivity index (χ1v) is 1.49. The molecule has 0 N–H and O–H groups in total. The van der Waals surface area contributed by atoms with Gasteiger partial charge in [-0.1, -0.05) is 10.0 Å². The van der Waals surface area contributed by atoms with Crippen LogP contribution in [-0.4, -0.2) is 20.2 Å². The van der Waals surface area contributed by atoms with Crippen molar-refractivity contribution in [3.05, 3.63) is 6.33 Å². The van der Waals surface area contributed by atoms with Crippen molar-refractivity contribution < 1.29 is 0 Å². The standard InChI is InChI=1S/C2N5/c3-1-7-5-2-4-6-7/q-1. The van der Waals surface area contributed by atoms with Gasteiger partial charge in [0.25, 0.3) is 0 Å². The molecule has 7 heavy (non-hydrogen) atoms. The largest absolute Gasteiger partial charge is 0.339 e. The summed E-state index contributed by atoms with van der Waals surface area (Å²) >= 11 is 0. The molecule has 0 spiro atoms. The first-order chi connectivity index (χ1) is 3.43. The van der Waals surface area contributed by atoms with Crippen LogP contribution in [0.25, 0.3) is 0 Å². The molecular weight excluding hydrogens is 94.1 g/mol.